The van der Waals surface area contributed by atoms with Crippen LogP contribution in [0.2, 0.25) is 0 Å². The summed E-state index contributed by atoms with van der Waals surface area (Å²) < 4.78 is 9.31. The normalized spacial score (nSPS) is 8.46. The van der Waals surface area contributed by atoms with Crippen LogP contribution in [0, 0.1) is 0 Å². The zero-order valence-corrected chi connectivity index (χ0v) is 14.8. The van der Waals surface area contributed by atoms with E-state index < -0.39 is 30.0 Å². The number of carboxylic acids is 2. The molecule has 0 radical (unpaired) electrons. The van der Waals surface area contributed by atoms with Crippen LogP contribution in [0.4, 0.5) is 0 Å². The molecule has 0 heterocycles. The zero-order chi connectivity index (χ0) is 21.3. The molecule has 9 nitrogen and oxygen atoms in total. The molecule has 0 saturated carbocycles. The summed E-state index contributed by atoms with van der Waals surface area (Å²) in [4.78, 5) is 40.4. The molecule has 0 aliphatic carbocycles. The summed E-state index contributed by atoms with van der Waals surface area (Å²) in [6.45, 7) is 15.2. The van der Waals surface area contributed by atoms with Crippen LogP contribution in [0.1, 0.15) is 13.8 Å². The second-order valence-electron chi connectivity index (χ2n) is 4.50. The number of esters is 2. The summed E-state index contributed by atoms with van der Waals surface area (Å²) >= 11 is 0. The van der Waals surface area contributed by atoms with Gasteiger partial charge < -0.3 is 24.8 Å². The van der Waals surface area contributed by atoms with E-state index in [-0.39, 0.29) is 24.4 Å². The molecular formula is C17H24O9. The van der Waals surface area contributed by atoms with E-state index >= 15 is 0 Å². The van der Waals surface area contributed by atoms with Crippen LogP contribution in [0.5, 0.6) is 0 Å². The molecule has 0 rings (SSSR count). The second kappa shape index (κ2) is 16.7. The van der Waals surface area contributed by atoms with E-state index in [1.807, 2.05) is 0 Å². The lowest BCUT2D eigenvalue weighted by Crippen LogP contribution is -2.25. The highest BCUT2D eigenvalue weighted by atomic mass is 16.6. The van der Waals surface area contributed by atoms with Crippen molar-refractivity contribution in [3.05, 3.63) is 49.6 Å². The Labute approximate surface area is 151 Å². The summed E-state index contributed by atoms with van der Waals surface area (Å²) in [5, 5.41) is 24.5. The van der Waals surface area contributed by atoms with Gasteiger partial charge in [0.05, 0.1) is 0 Å². The molecule has 0 bridgehead atoms. The van der Waals surface area contributed by atoms with Gasteiger partial charge in [0.15, 0.2) is 0 Å². The Morgan fingerprint density at radius 2 is 1.08 bits per heavy atom. The Bertz CT molecular complexity index is 498. The Balaban J connectivity index is -0.000000433. The number of carboxylic acid groups (broad SMARTS) is 2. The third kappa shape index (κ3) is 23.1. The van der Waals surface area contributed by atoms with E-state index in [4.69, 9.17) is 10.2 Å². The van der Waals surface area contributed by atoms with E-state index in [1.54, 1.807) is 0 Å². The molecular weight excluding hydrogens is 348 g/mol. The predicted molar refractivity (Wildman–Crippen MR) is 93.2 cm³/mol. The van der Waals surface area contributed by atoms with Crippen molar-refractivity contribution < 1.29 is 44.0 Å². The Morgan fingerprint density at radius 3 is 1.23 bits per heavy atom. The van der Waals surface area contributed by atoms with Gasteiger partial charge in [0, 0.05) is 23.3 Å². The topological polar surface area (TPSA) is 147 Å². The Kier molecular flexibility index (Phi) is 17.7. The van der Waals surface area contributed by atoms with Crippen molar-refractivity contribution in [1.29, 1.82) is 0 Å². The first-order chi connectivity index (χ1) is 11.9. The number of carbonyl (C=O) groups is 4. The molecule has 146 valence electrons. The zero-order valence-electron chi connectivity index (χ0n) is 14.8. The highest BCUT2D eigenvalue weighted by Gasteiger charge is 2.12. The molecule has 0 unspecified atom stereocenters. The summed E-state index contributed by atoms with van der Waals surface area (Å²) in [5.41, 5.74) is 0.484. The number of ether oxygens (including phenoxy) is 2. The molecule has 0 aromatic heterocycles. The highest BCUT2D eigenvalue weighted by Crippen LogP contribution is 1.97. The monoisotopic (exact) mass is 372 g/mol. The lowest BCUT2D eigenvalue weighted by molar-refractivity contribution is -0.147. The van der Waals surface area contributed by atoms with Crippen molar-refractivity contribution in [3.8, 4) is 0 Å². The molecule has 9 heteroatoms. The fourth-order valence-electron chi connectivity index (χ4n) is 0.638. The standard InChI is InChI=1S/C11H16O5.2C3H4O2/c1-7(2)10(13)15-5-9(12)6-16-11(14)8(3)4;2*1-2-3(4)5/h9,12H,1,3,5-6H2,2,4H3;2*2H,1H2,(H,4,5). The molecule has 0 fully saturated rings. The molecule has 0 aliphatic rings. The number of carbonyl (C=O) groups excluding carboxylic acids is 2. The molecule has 0 spiro atoms. The summed E-state index contributed by atoms with van der Waals surface area (Å²) in [5.74, 6) is -3.15. The molecule has 26 heavy (non-hydrogen) atoms. The second-order valence-corrected chi connectivity index (χ2v) is 4.50. The first kappa shape index (κ1) is 27.6. The molecule has 0 aromatic carbocycles. The van der Waals surface area contributed by atoms with Gasteiger partial charge in [-0.25, -0.2) is 19.2 Å². The first-order valence-electron chi connectivity index (χ1n) is 6.92. The van der Waals surface area contributed by atoms with Gasteiger partial charge >= 0.3 is 23.9 Å². The van der Waals surface area contributed by atoms with E-state index in [1.165, 1.54) is 13.8 Å². The van der Waals surface area contributed by atoms with Crippen molar-refractivity contribution in [2.24, 2.45) is 0 Å². The Morgan fingerprint density at radius 1 is 0.846 bits per heavy atom. The SMILES string of the molecule is C=C(C)C(=O)OCC(O)COC(=O)C(=C)C.C=CC(=O)O.C=CC(=O)O. The average molecular weight is 372 g/mol. The largest absolute Gasteiger partial charge is 0.478 e. The van der Waals surface area contributed by atoms with Crippen LogP contribution in [0.25, 0.3) is 0 Å². The van der Waals surface area contributed by atoms with Crippen molar-refractivity contribution in [1.82, 2.24) is 0 Å². The van der Waals surface area contributed by atoms with Gasteiger partial charge in [-0.1, -0.05) is 26.3 Å². The number of rotatable bonds is 8. The van der Waals surface area contributed by atoms with Gasteiger partial charge in [-0.05, 0) is 13.8 Å². The minimum absolute atomic E-state index is 0.241. The molecule has 0 amide bonds. The van der Waals surface area contributed by atoms with Crippen molar-refractivity contribution in [2.45, 2.75) is 20.0 Å². The maximum Gasteiger partial charge on any atom is 0.333 e. The summed E-state index contributed by atoms with van der Waals surface area (Å²) in [6, 6.07) is 0. The van der Waals surface area contributed by atoms with E-state index in [0.717, 1.165) is 12.2 Å². The number of aliphatic carboxylic acids is 2. The fourth-order valence-corrected chi connectivity index (χ4v) is 0.638. The van der Waals surface area contributed by atoms with E-state index in [2.05, 4.69) is 35.8 Å². The lowest BCUT2D eigenvalue weighted by Gasteiger charge is -2.11. The maximum atomic E-state index is 10.9. The van der Waals surface area contributed by atoms with Gasteiger partial charge in [0.2, 0.25) is 0 Å². The van der Waals surface area contributed by atoms with Crippen LogP contribution in [-0.4, -0.2) is 58.5 Å². The highest BCUT2D eigenvalue weighted by molar-refractivity contribution is 5.87. The number of hydrogen-bond acceptors (Lipinski definition) is 7. The minimum atomic E-state index is -1.05. The van der Waals surface area contributed by atoms with Crippen LogP contribution in [0.15, 0.2) is 49.6 Å². The Hall–Kier alpha value is -3.20. The van der Waals surface area contributed by atoms with Crippen LogP contribution in [-0.2, 0) is 28.7 Å². The van der Waals surface area contributed by atoms with Gasteiger partial charge in [-0.15, -0.1) is 0 Å². The summed E-state index contributed by atoms with van der Waals surface area (Å²) in [6.07, 6.45) is 0.617. The number of aliphatic hydroxyl groups excluding tert-OH is 1. The van der Waals surface area contributed by atoms with Gasteiger partial charge in [0.25, 0.3) is 0 Å². The maximum absolute atomic E-state index is 10.9. The molecule has 0 aromatic rings. The van der Waals surface area contributed by atoms with Crippen molar-refractivity contribution in [2.75, 3.05) is 13.2 Å². The molecule has 0 atom stereocenters. The molecule has 0 saturated heterocycles. The third-order valence-corrected chi connectivity index (χ3v) is 1.86. The molecule has 0 aliphatic heterocycles. The number of aliphatic hydroxyl groups is 1. The fraction of sp³-hybridized carbons (Fsp3) is 0.294. The smallest absolute Gasteiger partial charge is 0.333 e. The molecule has 3 N–H and O–H groups in total. The van der Waals surface area contributed by atoms with Crippen molar-refractivity contribution >= 4 is 23.9 Å². The predicted octanol–water partition coefficient (Wildman–Crippen LogP) is 1.10. The van der Waals surface area contributed by atoms with Crippen LogP contribution >= 0.6 is 0 Å². The third-order valence-electron chi connectivity index (χ3n) is 1.86. The van der Waals surface area contributed by atoms with E-state index in [9.17, 15) is 24.3 Å². The van der Waals surface area contributed by atoms with Crippen LogP contribution in [0.3, 0.4) is 0 Å². The van der Waals surface area contributed by atoms with Crippen molar-refractivity contribution in [3.63, 3.8) is 0 Å². The lowest BCUT2D eigenvalue weighted by atomic mass is 10.3. The summed E-state index contributed by atoms with van der Waals surface area (Å²) in [7, 11) is 0. The average Bonchev–Trinajstić information content (AvgIpc) is 2.57. The minimum Gasteiger partial charge on any atom is -0.478 e. The van der Waals surface area contributed by atoms with E-state index in [0.29, 0.717) is 0 Å². The van der Waals surface area contributed by atoms with Gasteiger partial charge in [-0.2, -0.15) is 0 Å². The number of hydrogen-bond donors (Lipinski definition) is 3. The van der Waals surface area contributed by atoms with Gasteiger partial charge in [-0.3, -0.25) is 0 Å². The quantitative estimate of drug-likeness (QED) is 0.421. The van der Waals surface area contributed by atoms with Gasteiger partial charge in [0.1, 0.15) is 19.3 Å². The first-order valence-corrected chi connectivity index (χ1v) is 6.92. The van der Waals surface area contributed by atoms with Crippen LogP contribution < -0.4 is 0 Å².